The highest BCUT2D eigenvalue weighted by atomic mass is 15.5. The largest absolute Gasteiger partial charge is 0.291 e. The molecule has 1 aromatic rings. The van der Waals surface area contributed by atoms with Crippen LogP contribution in [0.1, 0.15) is 5.56 Å². The lowest BCUT2D eigenvalue weighted by atomic mass is 10.2. The van der Waals surface area contributed by atoms with Crippen molar-refractivity contribution >= 4 is 6.21 Å². The Labute approximate surface area is 85.4 Å². The van der Waals surface area contributed by atoms with Gasteiger partial charge in [0.1, 0.15) is 0 Å². The molecule has 0 atom stereocenters. The van der Waals surface area contributed by atoms with E-state index in [2.05, 4.69) is 10.4 Å². The van der Waals surface area contributed by atoms with Gasteiger partial charge < -0.3 is 0 Å². The fourth-order valence-corrected chi connectivity index (χ4v) is 1.05. The smallest absolute Gasteiger partial charge is 0.0528 e. The highest BCUT2D eigenvalue weighted by Gasteiger charge is 1.86. The van der Waals surface area contributed by atoms with Crippen LogP contribution in [-0.4, -0.2) is 38.4 Å². The van der Waals surface area contributed by atoms with Crippen molar-refractivity contribution < 1.29 is 0 Å². The Balaban J connectivity index is 2.21. The van der Waals surface area contributed by atoms with Gasteiger partial charge >= 0.3 is 0 Å². The molecule has 3 heteroatoms. The molecule has 0 aliphatic carbocycles. The maximum Gasteiger partial charge on any atom is 0.0528 e. The second-order valence-corrected chi connectivity index (χ2v) is 3.25. The number of benzene rings is 1. The molecule has 0 spiro atoms. The van der Waals surface area contributed by atoms with Gasteiger partial charge in [0, 0.05) is 26.9 Å². The van der Waals surface area contributed by atoms with Crippen molar-refractivity contribution in [1.82, 2.24) is 10.4 Å². The van der Waals surface area contributed by atoms with Gasteiger partial charge in [-0.05, 0) is 5.56 Å². The van der Waals surface area contributed by atoms with Gasteiger partial charge in [0.05, 0.1) is 6.54 Å². The maximum atomic E-state index is 4.30. The molecule has 0 unspecified atom stereocenters. The summed E-state index contributed by atoms with van der Waals surface area (Å²) in [6.07, 6.45) is 1.90. The first kappa shape index (κ1) is 10.9. The minimum atomic E-state index is 0.799. The number of hydrogen-bond acceptors (Lipinski definition) is 3. The van der Waals surface area contributed by atoms with Crippen molar-refractivity contribution in [2.45, 2.75) is 0 Å². The van der Waals surface area contributed by atoms with Crippen LogP contribution in [0.25, 0.3) is 0 Å². The molecule has 0 aromatic heterocycles. The van der Waals surface area contributed by atoms with Gasteiger partial charge in [0.2, 0.25) is 0 Å². The highest BCUT2D eigenvalue weighted by molar-refractivity contribution is 5.79. The summed E-state index contributed by atoms with van der Waals surface area (Å²) in [5, 5.41) is 1.93. The molecule has 0 radical (unpaired) electrons. The minimum absolute atomic E-state index is 0.799. The molecule has 0 saturated heterocycles. The van der Waals surface area contributed by atoms with Crippen molar-refractivity contribution in [3.63, 3.8) is 0 Å². The summed E-state index contributed by atoms with van der Waals surface area (Å²) in [7, 11) is 3.95. The molecule has 0 bridgehead atoms. The van der Waals surface area contributed by atoms with Crippen molar-refractivity contribution in [1.29, 1.82) is 0 Å². The quantitative estimate of drug-likeness (QED) is 0.430. The first-order chi connectivity index (χ1) is 6.79. The topological polar surface area (TPSA) is 27.6 Å². The summed E-state index contributed by atoms with van der Waals surface area (Å²) in [4.78, 5) is 4.30. The number of aliphatic imine (C=N–C) groups is 1. The predicted molar refractivity (Wildman–Crippen MR) is 60.6 cm³/mol. The summed E-state index contributed by atoms with van der Waals surface area (Å²) >= 11 is 0. The van der Waals surface area contributed by atoms with E-state index in [9.17, 15) is 0 Å². The Morgan fingerprint density at radius 2 is 2.00 bits per heavy atom. The van der Waals surface area contributed by atoms with E-state index in [1.54, 1.807) is 0 Å². The van der Waals surface area contributed by atoms with Gasteiger partial charge in [-0.3, -0.25) is 15.4 Å². The predicted octanol–water partition coefficient (Wildman–Crippen LogP) is 1.17. The lowest BCUT2D eigenvalue weighted by Crippen LogP contribution is -2.32. The molecule has 0 heterocycles. The molecule has 14 heavy (non-hydrogen) atoms. The summed E-state index contributed by atoms with van der Waals surface area (Å²) < 4.78 is 0. The van der Waals surface area contributed by atoms with E-state index in [-0.39, 0.29) is 0 Å². The van der Waals surface area contributed by atoms with Crippen LogP contribution in [0, 0.1) is 0 Å². The second kappa shape index (κ2) is 6.29. The van der Waals surface area contributed by atoms with Gasteiger partial charge in [-0.1, -0.05) is 30.3 Å². The number of nitrogens with one attached hydrogen (secondary N) is 1. The Bertz CT molecular complexity index is 267. The van der Waals surface area contributed by atoms with E-state index in [4.69, 9.17) is 0 Å². The highest BCUT2D eigenvalue weighted by Crippen LogP contribution is 1.93. The third kappa shape index (κ3) is 4.74. The fraction of sp³-hybridized carbons (Fsp3) is 0.364. The lowest BCUT2D eigenvalue weighted by Gasteiger charge is -2.09. The van der Waals surface area contributed by atoms with Crippen molar-refractivity contribution in [3.05, 3.63) is 35.9 Å². The van der Waals surface area contributed by atoms with Crippen LogP contribution in [0.4, 0.5) is 0 Å². The molecule has 3 nitrogen and oxygen atoms in total. The van der Waals surface area contributed by atoms with Crippen LogP contribution in [-0.2, 0) is 0 Å². The van der Waals surface area contributed by atoms with Gasteiger partial charge in [0.25, 0.3) is 0 Å². The van der Waals surface area contributed by atoms with Crippen LogP contribution < -0.4 is 5.43 Å². The third-order valence-electron chi connectivity index (χ3n) is 1.71. The molecule has 1 rings (SSSR count). The van der Waals surface area contributed by atoms with Gasteiger partial charge in [0.15, 0.2) is 0 Å². The van der Waals surface area contributed by atoms with Crippen molar-refractivity contribution in [2.24, 2.45) is 4.99 Å². The first-order valence-electron chi connectivity index (χ1n) is 4.75. The Morgan fingerprint density at radius 3 is 2.64 bits per heavy atom. The number of rotatable bonds is 5. The molecule has 0 aliphatic rings. The fourth-order valence-electron chi connectivity index (χ4n) is 1.05. The van der Waals surface area contributed by atoms with E-state index in [0.717, 1.165) is 18.7 Å². The summed E-state index contributed by atoms with van der Waals surface area (Å²) in [6, 6.07) is 10.1. The Kier molecular flexibility index (Phi) is 4.89. The Morgan fingerprint density at radius 1 is 1.29 bits per heavy atom. The summed E-state index contributed by atoms with van der Waals surface area (Å²) in [6.45, 7) is 1.67. The average Bonchev–Trinajstić information content (AvgIpc) is 2.18. The van der Waals surface area contributed by atoms with Crippen LogP contribution in [0.3, 0.4) is 0 Å². The number of hydrogen-bond donors (Lipinski definition) is 1. The lowest BCUT2D eigenvalue weighted by molar-refractivity contribution is 0.295. The van der Waals surface area contributed by atoms with E-state index in [1.165, 1.54) is 0 Å². The van der Waals surface area contributed by atoms with Gasteiger partial charge in [-0.2, -0.15) is 0 Å². The van der Waals surface area contributed by atoms with E-state index < -0.39 is 0 Å². The summed E-state index contributed by atoms with van der Waals surface area (Å²) in [5.41, 5.74) is 4.30. The monoisotopic (exact) mass is 191 g/mol. The van der Waals surface area contributed by atoms with E-state index >= 15 is 0 Å². The summed E-state index contributed by atoms with van der Waals surface area (Å²) in [5.74, 6) is 0. The Hall–Kier alpha value is -1.19. The molecule has 0 aliphatic heterocycles. The molecule has 1 N–H and O–H groups in total. The van der Waals surface area contributed by atoms with E-state index in [0.29, 0.717) is 0 Å². The van der Waals surface area contributed by atoms with Crippen LogP contribution in [0.15, 0.2) is 35.3 Å². The molecular weight excluding hydrogens is 174 g/mol. The van der Waals surface area contributed by atoms with Crippen molar-refractivity contribution in [2.75, 3.05) is 27.2 Å². The molecular formula is C11H17N3. The molecule has 0 saturated carbocycles. The molecule has 1 aromatic carbocycles. The maximum absolute atomic E-state index is 4.30. The van der Waals surface area contributed by atoms with Crippen LogP contribution in [0.2, 0.25) is 0 Å². The number of hydrazine groups is 1. The second-order valence-electron chi connectivity index (χ2n) is 3.25. The zero-order valence-corrected chi connectivity index (χ0v) is 8.77. The van der Waals surface area contributed by atoms with Crippen LogP contribution in [0.5, 0.6) is 0 Å². The zero-order valence-electron chi connectivity index (χ0n) is 8.77. The van der Waals surface area contributed by atoms with E-state index in [1.807, 2.05) is 55.7 Å². The van der Waals surface area contributed by atoms with Gasteiger partial charge in [-0.25, -0.2) is 0 Å². The molecule has 76 valence electrons. The normalized spacial score (nSPS) is 11.4. The minimum Gasteiger partial charge on any atom is -0.291 e. The standard InChI is InChI=1S/C11H17N3/c1-14(2)13-9-8-12-10-11-6-4-3-5-7-11/h3-7,10,13H,8-9H2,1-2H3. The third-order valence-corrected chi connectivity index (χ3v) is 1.71. The zero-order chi connectivity index (χ0) is 10.2. The molecule has 0 fully saturated rings. The van der Waals surface area contributed by atoms with Crippen molar-refractivity contribution in [3.8, 4) is 0 Å². The molecule has 0 amide bonds. The SMILES string of the molecule is CN(C)NCCN=Cc1ccccc1. The first-order valence-corrected chi connectivity index (χ1v) is 4.75. The number of nitrogens with zero attached hydrogens (tertiary/aromatic N) is 2. The van der Waals surface area contributed by atoms with Gasteiger partial charge in [-0.15, -0.1) is 0 Å². The van der Waals surface area contributed by atoms with Crippen LogP contribution >= 0.6 is 0 Å². The average molecular weight is 191 g/mol.